The van der Waals surface area contributed by atoms with Crippen LogP contribution in [0.3, 0.4) is 0 Å². The van der Waals surface area contributed by atoms with E-state index in [0.717, 1.165) is 25.1 Å². The smallest absolute Gasteiger partial charge is 0.414 e. The lowest BCUT2D eigenvalue weighted by Crippen LogP contribution is -2.42. The van der Waals surface area contributed by atoms with Gasteiger partial charge in [-0.25, -0.2) is 9.59 Å². The van der Waals surface area contributed by atoms with Crippen molar-refractivity contribution in [1.29, 1.82) is 0 Å². The maximum absolute atomic E-state index is 12.0. The van der Waals surface area contributed by atoms with Crippen LogP contribution in [0.4, 0.5) is 21.0 Å². The molecule has 0 saturated carbocycles. The molecule has 0 aliphatic carbocycles. The highest BCUT2D eigenvalue weighted by Crippen LogP contribution is 2.21. The Morgan fingerprint density at radius 3 is 2.70 bits per heavy atom. The Kier molecular flexibility index (Phi) is 4.66. The van der Waals surface area contributed by atoms with Crippen LogP contribution in [0, 0.1) is 0 Å². The highest BCUT2D eigenvalue weighted by molar-refractivity contribution is 5.91. The molecule has 7 nitrogen and oxygen atoms in total. The lowest BCUT2D eigenvalue weighted by Gasteiger charge is -2.20. The number of carbonyl (C=O) groups excluding carboxylic acids is 2. The van der Waals surface area contributed by atoms with Crippen LogP contribution in [-0.4, -0.2) is 44.0 Å². The summed E-state index contributed by atoms with van der Waals surface area (Å²) < 4.78 is 10.5. The molecule has 0 aromatic heterocycles. The molecule has 2 atom stereocenters. The third kappa shape index (κ3) is 3.73. The Bertz CT molecular complexity index is 569. The maximum Gasteiger partial charge on any atom is 0.414 e. The van der Waals surface area contributed by atoms with Crippen LogP contribution in [-0.2, 0) is 9.47 Å². The summed E-state index contributed by atoms with van der Waals surface area (Å²) in [5.74, 6) is 0. The van der Waals surface area contributed by atoms with Crippen molar-refractivity contribution in [3.05, 3.63) is 24.3 Å². The van der Waals surface area contributed by atoms with Gasteiger partial charge in [-0.15, -0.1) is 0 Å². The van der Waals surface area contributed by atoms with E-state index in [9.17, 15) is 9.59 Å². The molecule has 124 valence electrons. The lowest BCUT2D eigenvalue weighted by atomic mass is 10.1. The Balaban J connectivity index is 1.53. The van der Waals surface area contributed by atoms with E-state index in [1.165, 1.54) is 0 Å². The predicted molar refractivity (Wildman–Crippen MR) is 85.7 cm³/mol. The number of amides is 3. The molecule has 1 aromatic rings. The van der Waals surface area contributed by atoms with Crippen molar-refractivity contribution in [2.24, 2.45) is 0 Å². The molecule has 2 heterocycles. The first-order valence-electron chi connectivity index (χ1n) is 7.87. The van der Waals surface area contributed by atoms with E-state index < -0.39 is 0 Å². The van der Waals surface area contributed by atoms with Gasteiger partial charge in [0.15, 0.2) is 0 Å². The summed E-state index contributed by atoms with van der Waals surface area (Å²) in [5, 5.41) is 5.67. The molecule has 3 amide bonds. The summed E-state index contributed by atoms with van der Waals surface area (Å²) in [4.78, 5) is 25.1. The number of benzene rings is 1. The van der Waals surface area contributed by atoms with Gasteiger partial charge in [0.05, 0.1) is 18.7 Å². The average Bonchev–Trinajstić information content (AvgIpc) is 3.19. The minimum absolute atomic E-state index is 0.0313. The minimum Gasteiger partial charge on any atom is -0.447 e. The number of carbonyl (C=O) groups is 2. The number of nitrogens with one attached hydrogen (secondary N) is 2. The number of cyclic esters (lactones) is 1. The second-order valence-corrected chi connectivity index (χ2v) is 5.75. The van der Waals surface area contributed by atoms with Crippen molar-refractivity contribution in [1.82, 2.24) is 5.32 Å². The first-order valence-corrected chi connectivity index (χ1v) is 7.87. The molecule has 3 rings (SSSR count). The van der Waals surface area contributed by atoms with Crippen molar-refractivity contribution in [3.63, 3.8) is 0 Å². The van der Waals surface area contributed by atoms with Gasteiger partial charge in [-0.05, 0) is 44.0 Å². The van der Waals surface area contributed by atoms with Crippen LogP contribution in [0.15, 0.2) is 24.3 Å². The van der Waals surface area contributed by atoms with Gasteiger partial charge in [0.25, 0.3) is 0 Å². The van der Waals surface area contributed by atoms with Crippen LogP contribution >= 0.6 is 0 Å². The Hall–Kier alpha value is -2.28. The zero-order valence-corrected chi connectivity index (χ0v) is 13.1. The predicted octanol–water partition coefficient (Wildman–Crippen LogP) is 2.33. The molecule has 0 spiro atoms. The van der Waals surface area contributed by atoms with Crippen molar-refractivity contribution in [2.45, 2.75) is 31.9 Å². The van der Waals surface area contributed by atoms with Crippen molar-refractivity contribution >= 4 is 23.5 Å². The topological polar surface area (TPSA) is 79.9 Å². The monoisotopic (exact) mass is 319 g/mol. The van der Waals surface area contributed by atoms with Crippen molar-refractivity contribution in [3.8, 4) is 0 Å². The number of nitrogens with zero attached hydrogens (tertiary/aromatic N) is 1. The molecular formula is C16H21N3O4. The number of hydrogen-bond acceptors (Lipinski definition) is 4. The largest absolute Gasteiger partial charge is 0.447 e. The van der Waals surface area contributed by atoms with Crippen LogP contribution < -0.4 is 15.5 Å². The van der Waals surface area contributed by atoms with Gasteiger partial charge in [-0.2, -0.15) is 0 Å². The van der Waals surface area contributed by atoms with Crippen LogP contribution in [0.25, 0.3) is 0 Å². The third-order valence-corrected chi connectivity index (χ3v) is 4.08. The highest BCUT2D eigenvalue weighted by Gasteiger charge is 2.24. The molecule has 2 aliphatic rings. The second kappa shape index (κ2) is 6.87. The Labute approximate surface area is 134 Å². The number of urea groups is 1. The lowest BCUT2D eigenvalue weighted by molar-refractivity contribution is 0.0868. The van der Waals surface area contributed by atoms with Crippen molar-refractivity contribution in [2.75, 3.05) is 30.0 Å². The Morgan fingerprint density at radius 2 is 2.09 bits per heavy atom. The molecule has 2 fully saturated rings. The number of hydrogen-bond donors (Lipinski definition) is 2. The summed E-state index contributed by atoms with van der Waals surface area (Å²) in [7, 11) is 0. The summed E-state index contributed by atoms with van der Waals surface area (Å²) >= 11 is 0. The van der Waals surface area contributed by atoms with E-state index in [2.05, 4.69) is 10.6 Å². The molecular weight excluding hydrogens is 298 g/mol. The molecule has 1 aromatic carbocycles. The molecule has 0 bridgehead atoms. The van der Waals surface area contributed by atoms with E-state index >= 15 is 0 Å². The van der Waals surface area contributed by atoms with E-state index in [1.54, 1.807) is 29.2 Å². The quantitative estimate of drug-likeness (QED) is 0.892. The fraction of sp³-hybridized carbons (Fsp3) is 0.500. The summed E-state index contributed by atoms with van der Waals surface area (Å²) in [6.07, 6.45) is 1.76. The number of ether oxygens (including phenoxy) is 2. The van der Waals surface area contributed by atoms with Gasteiger partial charge >= 0.3 is 12.1 Å². The fourth-order valence-corrected chi connectivity index (χ4v) is 2.82. The molecule has 0 unspecified atom stereocenters. The summed E-state index contributed by atoms with van der Waals surface area (Å²) in [6.45, 7) is 3.66. The highest BCUT2D eigenvalue weighted by atomic mass is 16.6. The van der Waals surface area contributed by atoms with Gasteiger partial charge in [0.1, 0.15) is 6.61 Å². The van der Waals surface area contributed by atoms with E-state index in [-0.39, 0.29) is 24.3 Å². The van der Waals surface area contributed by atoms with Gasteiger partial charge < -0.3 is 20.1 Å². The minimum atomic E-state index is -0.339. The van der Waals surface area contributed by atoms with Gasteiger partial charge in [0, 0.05) is 18.0 Å². The van der Waals surface area contributed by atoms with Gasteiger partial charge in [-0.3, -0.25) is 4.90 Å². The van der Waals surface area contributed by atoms with Crippen LogP contribution in [0.5, 0.6) is 0 Å². The van der Waals surface area contributed by atoms with Gasteiger partial charge in [-0.1, -0.05) is 0 Å². The number of anilines is 2. The normalized spacial score (nSPS) is 21.9. The molecule has 23 heavy (non-hydrogen) atoms. The Morgan fingerprint density at radius 1 is 1.30 bits per heavy atom. The van der Waals surface area contributed by atoms with Crippen LogP contribution in [0.1, 0.15) is 19.8 Å². The van der Waals surface area contributed by atoms with E-state index in [4.69, 9.17) is 9.47 Å². The summed E-state index contributed by atoms with van der Waals surface area (Å²) in [5.41, 5.74) is 1.42. The number of rotatable bonds is 4. The zero-order valence-electron chi connectivity index (χ0n) is 13.1. The second-order valence-electron chi connectivity index (χ2n) is 5.75. The van der Waals surface area contributed by atoms with Gasteiger partial charge in [0.2, 0.25) is 0 Å². The van der Waals surface area contributed by atoms with E-state index in [0.29, 0.717) is 18.8 Å². The standard InChI is InChI=1S/C16H21N3O4/c1-11(14-3-2-9-22-14)17-15(20)18-12-4-6-13(7-5-12)19-8-10-23-16(19)21/h4-7,11,14H,2-3,8-10H2,1H3,(H2,17,18,20)/t11-,14-/m0/s1. The summed E-state index contributed by atoms with van der Waals surface area (Å²) in [6, 6.07) is 6.80. The molecule has 2 saturated heterocycles. The third-order valence-electron chi connectivity index (χ3n) is 4.08. The zero-order chi connectivity index (χ0) is 16.2. The molecule has 2 aliphatic heterocycles. The van der Waals surface area contributed by atoms with Crippen molar-refractivity contribution < 1.29 is 19.1 Å². The molecule has 0 radical (unpaired) electrons. The van der Waals surface area contributed by atoms with Crippen LogP contribution in [0.2, 0.25) is 0 Å². The SMILES string of the molecule is C[C@H](NC(=O)Nc1ccc(N2CCOC2=O)cc1)[C@@H]1CCCO1. The maximum atomic E-state index is 12.0. The average molecular weight is 319 g/mol. The van der Waals surface area contributed by atoms with E-state index in [1.807, 2.05) is 6.92 Å². The first kappa shape index (κ1) is 15.6. The molecule has 7 heteroatoms. The fourth-order valence-electron chi connectivity index (χ4n) is 2.82. The molecule has 2 N–H and O–H groups in total. The first-order chi connectivity index (χ1) is 11.1.